The molecule has 0 spiro atoms. The molecule has 1 aromatic carbocycles. The van der Waals surface area contributed by atoms with E-state index in [9.17, 15) is 14.7 Å². The minimum atomic E-state index is -0.979. The van der Waals surface area contributed by atoms with Gasteiger partial charge in [-0.2, -0.15) is 11.8 Å². The SMILES string of the molecule is CC(C)C1CN(C(=O)Cc2ccccc2C(=O)O)CCS1. The number of carboxylic acid groups (broad SMARTS) is 1. The molecule has 1 N–H and O–H groups in total. The highest BCUT2D eigenvalue weighted by Crippen LogP contribution is 2.25. The zero-order chi connectivity index (χ0) is 15.4. The van der Waals surface area contributed by atoms with Crippen molar-refractivity contribution in [1.82, 2.24) is 4.90 Å². The fourth-order valence-electron chi connectivity index (χ4n) is 2.46. The number of carbonyl (C=O) groups excluding carboxylic acids is 1. The van der Waals surface area contributed by atoms with Crippen molar-refractivity contribution in [1.29, 1.82) is 0 Å². The summed E-state index contributed by atoms with van der Waals surface area (Å²) in [6.07, 6.45) is 0.165. The molecule has 1 amide bonds. The highest BCUT2D eigenvalue weighted by atomic mass is 32.2. The van der Waals surface area contributed by atoms with Crippen LogP contribution in [0.1, 0.15) is 29.8 Å². The highest BCUT2D eigenvalue weighted by molar-refractivity contribution is 8.00. The van der Waals surface area contributed by atoms with Crippen molar-refractivity contribution in [3.05, 3.63) is 35.4 Å². The normalized spacial score (nSPS) is 18.8. The first kappa shape index (κ1) is 15.9. The first-order chi connectivity index (χ1) is 9.99. The van der Waals surface area contributed by atoms with Crippen LogP contribution in [0.4, 0.5) is 0 Å². The molecule has 1 atom stereocenters. The van der Waals surface area contributed by atoms with Gasteiger partial charge in [0.15, 0.2) is 0 Å². The average molecular weight is 307 g/mol. The molecule has 1 aliphatic rings. The zero-order valence-electron chi connectivity index (χ0n) is 12.4. The lowest BCUT2D eigenvalue weighted by Crippen LogP contribution is -2.44. The van der Waals surface area contributed by atoms with Crippen molar-refractivity contribution in [3.8, 4) is 0 Å². The van der Waals surface area contributed by atoms with Crippen molar-refractivity contribution in [2.24, 2.45) is 5.92 Å². The summed E-state index contributed by atoms with van der Waals surface area (Å²) < 4.78 is 0. The van der Waals surface area contributed by atoms with Gasteiger partial charge >= 0.3 is 5.97 Å². The van der Waals surface area contributed by atoms with Gasteiger partial charge < -0.3 is 10.0 Å². The Morgan fingerprint density at radius 3 is 2.76 bits per heavy atom. The summed E-state index contributed by atoms with van der Waals surface area (Å²) in [6.45, 7) is 5.86. The Morgan fingerprint density at radius 2 is 2.10 bits per heavy atom. The molecule has 0 saturated carbocycles. The Balaban J connectivity index is 2.06. The van der Waals surface area contributed by atoms with Gasteiger partial charge in [0.2, 0.25) is 5.91 Å². The summed E-state index contributed by atoms with van der Waals surface area (Å²) in [5.41, 5.74) is 0.812. The smallest absolute Gasteiger partial charge is 0.335 e. The number of carboxylic acids is 1. The third kappa shape index (κ3) is 4.00. The molecule has 1 heterocycles. The van der Waals surface area contributed by atoms with E-state index >= 15 is 0 Å². The van der Waals surface area contributed by atoms with Crippen LogP contribution in [0.3, 0.4) is 0 Å². The summed E-state index contributed by atoms with van der Waals surface area (Å²) in [6, 6.07) is 6.73. The molecule has 1 fully saturated rings. The number of thioether (sulfide) groups is 1. The van der Waals surface area contributed by atoms with Gasteiger partial charge in [-0.3, -0.25) is 4.79 Å². The summed E-state index contributed by atoms with van der Waals surface area (Å²) in [7, 11) is 0. The Bertz CT molecular complexity index is 530. The molecular weight excluding hydrogens is 286 g/mol. The van der Waals surface area contributed by atoms with Crippen LogP contribution in [0.25, 0.3) is 0 Å². The predicted octanol–water partition coefficient (Wildman–Crippen LogP) is 2.53. The standard InChI is InChI=1S/C16H21NO3S/c1-11(2)14-10-17(7-8-21-14)15(18)9-12-5-3-4-6-13(12)16(19)20/h3-6,11,14H,7-10H2,1-2H3,(H,19,20). The average Bonchev–Trinajstić information content (AvgIpc) is 2.47. The van der Waals surface area contributed by atoms with E-state index in [-0.39, 0.29) is 17.9 Å². The molecule has 5 heteroatoms. The van der Waals surface area contributed by atoms with E-state index in [2.05, 4.69) is 13.8 Å². The fraction of sp³-hybridized carbons (Fsp3) is 0.500. The van der Waals surface area contributed by atoms with E-state index in [4.69, 9.17) is 0 Å². The van der Waals surface area contributed by atoms with Crippen molar-refractivity contribution in [2.45, 2.75) is 25.5 Å². The number of hydrogen-bond donors (Lipinski definition) is 1. The number of amides is 1. The lowest BCUT2D eigenvalue weighted by atomic mass is 10.0. The van der Waals surface area contributed by atoms with Crippen LogP contribution in [-0.4, -0.2) is 46.0 Å². The Morgan fingerprint density at radius 1 is 1.38 bits per heavy atom. The Kier molecular flexibility index (Phi) is 5.28. The molecule has 1 saturated heterocycles. The Hall–Kier alpha value is -1.49. The quantitative estimate of drug-likeness (QED) is 0.928. The number of hydrogen-bond acceptors (Lipinski definition) is 3. The number of benzene rings is 1. The maximum absolute atomic E-state index is 12.4. The van der Waals surface area contributed by atoms with E-state index < -0.39 is 5.97 Å². The third-order valence-corrected chi connectivity index (χ3v) is 5.32. The van der Waals surface area contributed by atoms with Crippen molar-refractivity contribution < 1.29 is 14.7 Å². The molecule has 1 unspecified atom stereocenters. The third-order valence-electron chi connectivity index (χ3n) is 3.78. The van der Waals surface area contributed by atoms with Gasteiger partial charge in [-0.1, -0.05) is 32.0 Å². The summed E-state index contributed by atoms with van der Waals surface area (Å²) >= 11 is 1.92. The highest BCUT2D eigenvalue weighted by Gasteiger charge is 2.26. The van der Waals surface area contributed by atoms with E-state index in [1.165, 1.54) is 0 Å². The second kappa shape index (κ2) is 6.98. The van der Waals surface area contributed by atoms with Crippen LogP contribution < -0.4 is 0 Å². The van der Waals surface area contributed by atoms with E-state index in [0.717, 1.165) is 18.8 Å². The van der Waals surface area contributed by atoms with Crippen LogP contribution in [0, 0.1) is 5.92 Å². The summed E-state index contributed by atoms with van der Waals surface area (Å²) in [5, 5.41) is 9.65. The molecule has 21 heavy (non-hydrogen) atoms. The molecule has 2 rings (SSSR count). The monoisotopic (exact) mass is 307 g/mol. The molecule has 1 aromatic rings. The van der Waals surface area contributed by atoms with Crippen LogP contribution >= 0.6 is 11.8 Å². The van der Waals surface area contributed by atoms with Crippen LogP contribution in [0.2, 0.25) is 0 Å². The second-order valence-electron chi connectivity index (χ2n) is 5.63. The van der Waals surface area contributed by atoms with Gasteiger partial charge in [0.25, 0.3) is 0 Å². The summed E-state index contributed by atoms with van der Waals surface area (Å²) in [4.78, 5) is 25.5. The van der Waals surface area contributed by atoms with E-state index in [0.29, 0.717) is 16.7 Å². The number of carbonyl (C=O) groups is 2. The molecule has 114 valence electrons. The van der Waals surface area contributed by atoms with Gasteiger partial charge in [-0.05, 0) is 17.5 Å². The van der Waals surface area contributed by atoms with Gasteiger partial charge in [0.1, 0.15) is 0 Å². The molecule has 4 nitrogen and oxygen atoms in total. The Labute approximate surface area is 129 Å². The molecule has 0 bridgehead atoms. The first-order valence-electron chi connectivity index (χ1n) is 7.19. The molecule has 0 aromatic heterocycles. The van der Waals surface area contributed by atoms with Gasteiger partial charge in [-0.15, -0.1) is 0 Å². The van der Waals surface area contributed by atoms with Crippen molar-refractivity contribution >= 4 is 23.6 Å². The van der Waals surface area contributed by atoms with Crippen molar-refractivity contribution in [3.63, 3.8) is 0 Å². The second-order valence-corrected chi connectivity index (χ2v) is 6.98. The van der Waals surface area contributed by atoms with Gasteiger partial charge in [0.05, 0.1) is 12.0 Å². The molecule has 0 aliphatic carbocycles. The molecule has 0 radical (unpaired) electrons. The largest absolute Gasteiger partial charge is 0.478 e. The lowest BCUT2D eigenvalue weighted by Gasteiger charge is -2.34. The maximum atomic E-state index is 12.4. The van der Waals surface area contributed by atoms with Crippen molar-refractivity contribution in [2.75, 3.05) is 18.8 Å². The van der Waals surface area contributed by atoms with E-state index in [1.807, 2.05) is 16.7 Å². The minimum Gasteiger partial charge on any atom is -0.478 e. The van der Waals surface area contributed by atoms with Gasteiger partial charge in [0, 0.05) is 24.1 Å². The number of aromatic carboxylic acids is 1. The zero-order valence-corrected chi connectivity index (χ0v) is 13.2. The fourth-order valence-corrected chi connectivity index (χ4v) is 3.76. The van der Waals surface area contributed by atoms with E-state index in [1.54, 1.807) is 24.3 Å². The first-order valence-corrected chi connectivity index (χ1v) is 8.24. The summed E-state index contributed by atoms with van der Waals surface area (Å²) in [5.74, 6) is 0.536. The number of nitrogens with zero attached hydrogens (tertiary/aromatic N) is 1. The molecular formula is C16H21NO3S. The van der Waals surface area contributed by atoms with Crippen LogP contribution in [-0.2, 0) is 11.2 Å². The van der Waals surface area contributed by atoms with Crippen LogP contribution in [0.5, 0.6) is 0 Å². The van der Waals surface area contributed by atoms with Crippen LogP contribution in [0.15, 0.2) is 24.3 Å². The predicted molar refractivity (Wildman–Crippen MR) is 84.8 cm³/mol. The minimum absolute atomic E-state index is 0.0228. The lowest BCUT2D eigenvalue weighted by molar-refractivity contribution is -0.130. The topological polar surface area (TPSA) is 57.6 Å². The molecule has 1 aliphatic heterocycles. The number of rotatable bonds is 4. The van der Waals surface area contributed by atoms with Gasteiger partial charge in [-0.25, -0.2) is 4.79 Å². The maximum Gasteiger partial charge on any atom is 0.335 e.